The molecule has 0 spiro atoms. The lowest BCUT2D eigenvalue weighted by molar-refractivity contribution is -0.432. The highest BCUT2D eigenvalue weighted by Crippen LogP contribution is 2.62. The summed E-state index contributed by atoms with van der Waals surface area (Å²) < 4.78 is 81.2. The molecule has 0 amide bonds. The second-order valence-corrected chi connectivity index (χ2v) is 2.18. The fraction of sp³-hybridized carbons (Fsp3) is 1.00. The molecule has 8 heteroatoms. The molecule has 0 heterocycles. The van der Waals surface area contributed by atoms with Gasteiger partial charge in [0.1, 0.15) is 0 Å². The largest absolute Gasteiger partial charge is 0.378 e. The van der Waals surface area contributed by atoms with Gasteiger partial charge < -0.3 is 6.15 Å². The van der Waals surface area contributed by atoms with Gasteiger partial charge in [-0.3, -0.25) is 0 Å². The summed E-state index contributed by atoms with van der Waals surface area (Å²) in [5.41, 5.74) is 0. The molecule has 1 fully saturated rings. The highest BCUT2D eigenvalue weighted by atomic mass is 19.4. The maximum Gasteiger partial charge on any atom is 0.378 e. The molecule has 0 saturated heterocycles. The second kappa shape index (κ2) is 2.24. The van der Waals surface area contributed by atoms with Crippen molar-refractivity contribution in [2.45, 2.75) is 23.9 Å². The van der Waals surface area contributed by atoms with Crippen molar-refractivity contribution in [3.63, 3.8) is 0 Å². The van der Waals surface area contributed by atoms with E-state index >= 15 is 0 Å². The van der Waals surface area contributed by atoms with E-state index < -0.39 is 23.9 Å². The number of hydrogen-bond acceptors (Lipinski definition) is 1. The van der Waals surface area contributed by atoms with Crippen LogP contribution in [0.15, 0.2) is 0 Å². The number of rotatable bonds is 0. The van der Waals surface area contributed by atoms with Gasteiger partial charge in [-0.2, -0.15) is 26.3 Å². The maximum atomic E-state index is 11.6. The van der Waals surface area contributed by atoms with Crippen LogP contribution in [0.1, 0.15) is 0 Å². The van der Waals surface area contributed by atoms with Gasteiger partial charge in [0.15, 0.2) is 0 Å². The van der Waals surface area contributed by atoms with E-state index in [-0.39, 0.29) is 6.15 Å². The number of hydrogen-bond donors (Lipinski definition) is 1. The van der Waals surface area contributed by atoms with E-state index in [0.29, 0.717) is 0 Å². The minimum absolute atomic E-state index is 0. The molecule has 1 saturated carbocycles. The van der Waals surface area contributed by atoms with E-state index in [9.17, 15) is 30.7 Å². The number of halogens is 7. The zero-order valence-electron chi connectivity index (χ0n) is 5.43. The summed E-state index contributed by atoms with van der Waals surface area (Å²) in [4.78, 5) is 0. The molecule has 0 atom stereocenters. The first kappa shape index (κ1) is 11.5. The smallest absolute Gasteiger partial charge is 0.344 e. The van der Waals surface area contributed by atoms with Gasteiger partial charge >= 0.3 is 17.8 Å². The molecule has 0 aromatic heterocycles. The third-order valence-corrected chi connectivity index (χ3v) is 1.47. The lowest BCUT2D eigenvalue weighted by Gasteiger charge is -2.45. The van der Waals surface area contributed by atoms with E-state index in [0.717, 1.165) is 0 Å². The molecular weight excluding hydrogens is 195 g/mol. The summed E-state index contributed by atoms with van der Waals surface area (Å²) >= 11 is 0. The van der Waals surface area contributed by atoms with Gasteiger partial charge in [-0.25, -0.2) is 4.39 Å². The van der Waals surface area contributed by atoms with Crippen LogP contribution in [0.25, 0.3) is 0 Å². The summed E-state index contributed by atoms with van der Waals surface area (Å²) in [6.45, 7) is 0. The Kier molecular flexibility index (Phi) is 2.14. The predicted molar refractivity (Wildman–Crippen MR) is 24.8 cm³/mol. The Balaban J connectivity index is 0.00000121. The van der Waals surface area contributed by atoms with Crippen LogP contribution in [0.4, 0.5) is 30.7 Å². The molecule has 1 aliphatic rings. The monoisotopic (exact) mass is 199 g/mol. The molecule has 1 aliphatic carbocycles. The fourth-order valence-corrected chi connectivity index (χ4v) is 0.690. The van der Waals surface area contributed by atoms with Crippen LogP contribution in [0.3, 0.4) is 0 Å². The number of alkyl halides is 7. The van der Waals surface area contributed by atoms with Crippen LogP contribution in [-0.2, 0) is 0 Å². The van der Waals surface area contributed by atoms with E-state index in [1.54, 1.807) is 0 Å². The summed E-state index contributed by atoms with van der Waals surface area (Å²) in [6, 6.07) is 0. The maximum absolute atomic E-state index is 11.6. The minimum atomic E-state index is -5.56. The quantitative estimate of drug-likeness (QED) is 0.597. The Morgan fingerprint density at radius 2 is 1.00 bits per heavy atom. The molecule has 0 aliphatic heterocycles. The molecule has 0 radical (unpaired) electrons. The van der Waals surface area contributed by atoms with E-state index in [4.69, 9.17) is 0 Å². The summed E-state index contributed by atoms with van der Waals surface area (Å²) in [7, 11) is 0. The van der Waals surface area contributed by atoms with E-state index in [1.165, 1.54) is 0 Å². The first-order chi connectivity index (χ1) is 4.65. The van der Waals surface area contributed by atoms with Gasteiger partial charge in [0.25, 0.3) is 0 Å². The van der Waals surface area contributed by atoms with Crippen LogP contribution in [0, 0.1) is 0 Å². The van der Waals surface area contributed by atoms with Gasteiger partial charge in [-0.15, -0.1) is 0 Å². The molecule has 12 heavy (non-hydrogen) atoms. The van der Waals surface area contributed by atoms with Gasteiger partial charge in [0, 0.05) is 0 Å². The van der Waals surface area contributed by atoms with E-state index in [2.05, 4.69) is 0 Å². The Hall–Kier alpha value is -0.530. The van der Waals surface area contributed by atoms with Crippen LogP contribution in [0.5, 0.6) is 0 Å². The summed E-state index contributed by atoms with van der Waals surface area (Å²) in [5, 5.41) is 0. The molecular formula is C4H4F7N. The minimum Gasteiger partial charge on any atom is -0.344 e. The van der Waals surface area contributed by atoms with Crippen molar-refractivity contribution in [1.29, 1.82) is 0 Å². The molecule has 0 bridgehead atoms. The zero-order valence-corrected chi connectivity index (χ0v) is 5.43. The Morgan fingerprint density at radius 1 is 0.750 bits per heavy atom. The first-order valence-corrected chi connectivity index (χ1v) is 2.43. The second-order valence-electron chi connectivity index (χ2n) is 2.18. The normalized spacial score (nSPS) is 30.2. The Bertz CT molecular complexity index is 170. The van der Waals surface area contributed by atoms with Crippen LogP contribution in [0.2, 0.25) is 0 Å². The molecule has 0 aromatic rings. The van der Waals surface area contributed by atoms with Crippen molar-refractivity contribution in [2.24, 2.45) is 0 Å². The molecule has 3 N–H and O–H groups in total. The molecule has 0 unspecified atom stereocenters. The van der Waals surface area contributed by atoms with Crippen molar-refractivity contribution in [3.8, 4) is 0 Å². The van der Waals surface area contributed by atoms with Gasteiger partial charge in [-0.05, 0) is 0 Å². The van der Waals surface area contributed by atoms with Gasteiger partial charge in [0.05, 0.1) is 0 Å². The van der Waals surface area contributed by atoms with Crippen LogP contribution < -0.4 is 6.15 Å². The third kappa shape index (κ3) is 0.782. The van der Waals surface area contributed by atoms with Crippen LogP contribution >= 0.6 is 0 Å². The van der Waals surface area contributed by atoms with Gasteiger partial charge in [0.2, 0.25) is 6.17 Å². The topological polar surface area (TPSA) is 35.0 Å². The highest BCUT2D eigenvalue weighted by molar-refractivity contribution is 5.17. The van der Waals surface area contributed by atoms with E-state index in [1.807, 2.05) is 0 Å². The standard InChI is InChI=1S/C4HF7.H3N/c5-1-2(6,7)4(10,11)3(1,8)9;/h1H;1H3. The average Bonchev–Trinajstić information content (AvgIpc) is 1.84. The predicted octanol–water partition coefficient (Wildman–Crippen LogP) is 2.41. The fourth-order valence-electron chi connectivity index (χ4n) is 0.690. The van der Waals surface area contributed by atoms with Crippen molar-refractivity contribution in [1.82, 2.24) is 6.15 Å². The molecule has 1 rings (SSSR count). The molecule has 0 aromatic carbocycles. The van der Waals surface area contributed by atoms with Crippen molar-refractivity contribution >= 4 is 0 Å². The third-order valence-electron chi connectivity index (χ3n) is 1.47. The molecule has 74 valence electrons. The SMILES string of the molecule is FC1C(F)(F)C(F)(F)C1(F)F.N. The van der Waals surface area contributed by atoms with Gasteiger partial charge in [-0.1, -0.05) is 0 Å². The highest BCUT2D eigenvalue weighted by Gasteiger charge is 2.91. The summed E-state index contributed by atoms with van der Waals surface area (Å²) in [6.07, 6.45) is -4.08. The first-order valence-electron chi connectivity index (χ1n) is 2.43. The molecule has 1 nitrogen and oxygen atoms in total. The Labute approximate surface area is 62.1 Å². The Morgan fingerprint density at radius 3 is 1.08 bits per heavy atom. The van der Waals surface area contributed by atoms with Crippen LogP contribution in [-0.4, -0.2) is 23.9 Å². The lowest BCUT2D eigenvalue weighted by Crippen LogP contribution is -2.76. The summed E-state index contributed by atoms with van der Waals surface area (Å²) in [5.74, 6) is -16.0. The lowest BCUT2D eigenvalue weighted by atomic mass is 9.82. The zero-order chi connectivity index (χ0) is 9.08. The average molecular weight is 199 g/mol. The van der Waals surface area contributed by atoms with Crippen molar-refractivity contribution in [3.05, 3.63) is 0 Å². The van der Waals surface area contributed by atoms with Crippen molar-refractivity contribution in [2.75, 3.05) is 0 Å². The van der Waals surface area contributed by atoms with Crippen molar-refractivity contribution < 1.29 is 30.7 Å².